The summed E-state index contributed by atoms with van der Waals surface area (Å²) in [5.41, 5.74) is 3.81. The molecular weight excluding hydrogens is 422 g/mol. The number of halogens is 2. The summed E-state index contributed by atoms with van der Waals surface area (Å²) in [7, 11) is 0. The first-order valence-electron chi connectivity index (χ1n) is 10.8. The highest BCUT2D eigenvalue weighted by molar-refractivity contribution is 5.65. The molecular formula is C25H20F2N6. The minimum Gasteiger partial charge on any atom is -0.349 e. The van der Waals surface area contributed by atoms with Crippen LogP contribution in [0.15, 0.2) is 79.4 Å². The van der Waals surface area contributed by atoms with Gasteiger partial charge in [-0.15, -0.1) is 0 Å². The average Bonchev–Trinajstić information content (AvgIpc) is 3.60. The Labute approximate surface area is 188 Å². The van der Waals surface area contributed by atoms with Crippen LogP contribution in [0, 0.1) is 11.6 Å². The van der Waals surface area contributed by atoms with E-state index in [4.69, 9.17) is 4.98 Å². The zero-order chi connectivity index (χ0) is 22.4. The van der Waals surface area contributed by atoms with Gasteiger partial charge < -0.3 is 4.90 Å². The molecule has 1 atom stereocenters. The van der Waals surface area contributed by atoms with E-state index in [-0.39, 0.29) is 6.04 Å². The van der Waals surface area contributed by atoms with E-state index >= 15 is 0 Å². The molecule has 6 rings (SSSR count). The van der Waals surface area contributed by atoms with Gasteiger partial charge in [0.1, 0.15) is 23.1 Å². The first-order chi connectivity index (χ1) is 16.2. The van der Waals surface area contributed by atoms with Crippen LogP contribution in [0.1, 0.15) is 24.4 Å². The maximum atomic E-state index is 14.5. The Balaban J connectivity index is 1.38. The first kappa shape index (κ1) is 19.6. The van der Waals surface area contributed by atoms with E-state index in [2.05, 4.69) is 10.2 Å². The molecule has 33 heavy (non-hydrogen) atoms. The highest BCUT2D eigenvalue weighted by Gasteiger charge is 2.30. The third-order valence-corrected chi connectivity index (χ3v) is 6.14. The SMILES string of the molecule is Fc1ccc(F)c(C2CCCN2c2ccn3ncc(-n4cc(-c5ccccc5)cn4)c3n2)c1. The molecule has 164 valence electrons. The Morgan fingerprint density at radius 1 is 0.909 bits per heavy atom. The number of hydrogen-bond acceptors (Lipinski definition) is 4. The Hall–Kier alpha value is -4.07. The van der Waals surface area contributed by atoms with Crippen molar-refractivity contribution in [3.63, 3.8) is 0 Å². The van der Waals surface area contributed by atoms with Gasteiger partial charge in [-0.1, -0.05) is 30.3 Å². The maximum Gasteiger partial charge on any atom is 0.183 e. The zero-order valence-electron chi connectivity index (χ0n) is 17.6. The second-order valence-electron chi connectivity index (χ2n) is 8.14. The first-order valence-corrected chi connectivity index (χ1v) is 10.8. The van der Waals surface area contributed by atoms with E-state index in [0.29, 0.717) is 23.6 Å². The van der Waals surface area contributed by atoms with Crippen molar-refractivity contribution >= 4 is 11.5 Å². The molecule has 6 nitrogen and oxygen atoms in total. The molecule has 1 saturated heterocycles. The summed E-state index contributed by atoms with van der Waals surface area (Å²) in [6, 6.07) is 15.2. The van der Waals surface area contributed by atoms with Gasteiger partial charge in [0.2, 0.25) is 0 Å². The molecule has 3 aromatic heterocycles. The topological polar surface area (TPSA) is 51.2 Å². The fraction of sp³-hybridized carbons (Fsp3) is 0.160. The van der Waals surface area contributed by atoms with Crippen LogP contribution in [0.2, 0.25) is 0 Å². The zero-order valence-corrected chi connectivity index (χ0v) is 17.6. The third-order valence-electron chi connectivity index (χ3n) is 6.14. The maximum absolute atomic E-state index is 14.5. The molecule has 0 amide bonds. The van der Waals surface area contributed by atoms with Crippen molar-refractivity contribution in [2.24, 2.45) is 0 Å². The van der Waals surface area contributed by atoms with Crippen LogP contribution in [0.3, 0.4) is 0 Å². The quantitative estimate of drug-likeness (QED) is 0.384. The van der Waals surface area contributed by atoms with Gasteiger partial charge in [0.25, 0.3) is 0 Å². The molecule has 1 aliphatic rings. The summed E-state index contributed by atoms with van der Waals surface area (Å²) in [6.07, 6.45) is 8.92. The summed E-state index contributed by atoms with van der Waals surface area (Å²) in [6.45, 7) is 0.715. The summed E-state index contributed by atoms with van der Waals surface area (Å²) in [5, 5.41) is 8.93. The monoisotopic (exact) mass is 442 g/mol. The van der Waals surface area contributed by atoms with Crippen molar-refractivity contribution in [2.75, 3.05) is 11.4 Å². The van der Waals surface area contributed by atoms with E-state index in [1.807, 2.05) is 59.9 Å². The molecule has 1 fully saturated rings. The molecule has 1 unspecified atom stereocenters. The number of hydrogen-bond donors (Lipinski definition) is 0. The van der Waals surface area contributed by atoms with Crippen molar-refractivity contribution in [3.05, 3.63) is 96.6 Å². The lowest BCUT2D eigenvalue weighted by Crippen LogP contribution is -2.24. The van der Waals surface area contributed by atoms with Crippen LogP contribution in [0.4, 0.5) is 14.6 Å². The van der Waals surface area contributed by atoms with Crippen LogP contribution in [0.25, 0.3) is 22.5 Å². The van der Waals surface area contributed by atoms with Gasteiger partial charge in [-0.05, 0) is 42.7 Å². The normalized spacial score (nSPS) is 16.1. The van der Waals surface area contributed by atoms with Gasteiger partial charge in [-0.2, -0.15) is 10.2 Å². The van der Waals surface area contributed by atoms with Crippen LogP contribution < -0.4 is 4.90 Å². The minimum atomic E-state index is -0.437. The summed E-state index contributed by atoms with van der Waals surface area (Å²) in [5.74, 6) is -0.136. The van der Waals surface area contributed by atoms with Crippen LogP contribution >= 0.6 is 0 Å². The number of aromatic nitrogens is 5. The van der Waals surface area contributed by atoms with Crippen LogP contribution in [-0.4, -0.2) is 30.9 Å². The van der Waals surface area contributed by atoms with Gasteiger partial charge in [0.05, 0.1) is 18.4 Å². The smallest absolute Gasteiger partial charge is 0.183 e. The van der Waals surface area contributed by atoms with Gasteiger partial charge in [-0.3, -0.25) is 0 Å². The van der Waals surface area contributed by atoms with Crippen molar-refractivity contribution in [1.82, 2.24) is 24.4 Å². The number of nitrogens with zero attached hydrogens (tertiary/aromatic N) is 6. The largest absolute Gasteiger partial charge is 0.349 e. The van der Waals surface area contributed by atoms with Gasteiger partial charge in [0.15, 0.2) is 5.65 Å². The lowest BCUT2D eigenvalue weighted by atomic mass is 10.0. The standard InChI is InChI=1S/C25H20F2N6/c26-19-8-9-21(27)20(13-19)22-7-4-11-31(22)24-10-12-32-25(30-24)23(15-29-32)33-16-18(14-28-33)17-5-2-1-3-6-17/h1-3,5-6,8-10,12-16,22H,4,7,11H2. The van der Waals surface area contributed by atoms with E-state index in [9.17, 15) is 8.78 Å². The lowest BCUT2D eigenvalue weighted by molar-refractivity contribution is 0.560. The summed E-state index contributed by atoms with van der Waals surface area (Å²) in [4.78, 5) is 6.89. The van der Waals surface area contributed by atoms with E-state index in [0.717, 1.165) is 35.7 Å². The molecule has 2 aromatic carbocycles. The van der Waals surface area contributed by atoms with Gasteiger partial charge in [0, 0.05) is 30.1 Å². The Bertz CT molecular complexity index is 1440. The molecule has 0 aliphatic carbocycles. The second kappa shape index (κ2) is 7.81. The molecule has 0 spiro atoms. The van der Waals surface area contributed by atoms with Crippen LogP contribution in [-0.2, 0) is 0 Å². The Morgan fingerprint density at radius 3 is 2.67 bits per heavy atom. The van der Waals surface area contributed by atoms with Crippen molar-refractivity contribution in [1.29, 1.82) is 0 Å². The fourth-order valence-electron chi connectivity index (χ4n) is 4.54. The van der Waals surface area contributed by atoms with Gasteiger partial charge in [-0.25, -0.2) is 23.0 Å². The molecule has 0 N–H and O–H groups in total. The van der Waals surface area contributed by atoms with Crippen molar-refractivity contribution in [2.45, 2.75) is 18.9 Å². The number of fused-ring (bicyclic) bond motifs is 1. The number of rotatable bonds is 4. The molecule has 4 heterocycles. The number of benzene rings is 2. The van der Waals surface area contributed by atoms with Crippen LogP contribution in [0.5, 0.6) is 0 Å². The minimum absolute atomic E-state index is 0.267. The Morgan fingerprint density at radius 2 is 1.79 bits per heavy atom. The van der Waals surface area contributed by atoms with E-state index in [1.54, 1.807) is 15.4 Å². The average molecular weight is 442 g/mol. The van der Waals surface area contributed by atoms with E-state index in [1.165, 1.54) is 12.1 Å². The van der Waals surface area contributed by atoms with E-state index < -0.39 is 11.6 Å². The fourth-order valence-corrected chi connectivity index (χ4v) is 4.54. The number of anilines is 1. The van der Waals surface area contributed by atoms with Crippen molar-refractivity contribution in [3.8, 4) is 16.8 Å². The molecule has 5 aromatic rings. The summed E-state index contributed by atoms with van der Waals surface area (Å²) >= 11 is 0. The molecule has 1 aliphatic heterocycles. The molecule has 8 heteroatoms. The molecule has 0 saturated carbocycles. The lowest BCUT2D eigenvalue weighted by Gasteiger charge is -2.26. The summed E-state index contributed by atoms with van der Waals surface area (Å²) < 4.78 is 31.8. The third kappa shape index (κ3) is 3.44. The molecule has 0 radical (unpaired) electrons. The van der Waals surface area contributed by atoms with Gasteiger partial charge >= 0.3 is 0 Å². The highest BCUT2D eigenvalue weighted by atomic mass is 19.1. The van der Waals surface area contributed by atoms with Crippen molar-refractivity contribution < 1.29 is 8.78 Å². The predicted molar refractivity (Wildman–Crippen MR) is 121 cm³/mol. The highest BCUT2D eigenvalue weighted by Crippen LogP contribution is 2.37. The Kier molecular flexibility index (Phi) is 4.64. The molecule has 0 bridgehead atoms. The predicted octanol–water partition coefficient (Wildman–Crippen LogP) is 5.20. The second-order valence-corrected chi connectivity index (χ2v) is 8.14.